The number of benzene rings is 2. The average Bonchev–Trinajstić information content (AvgIpc) is 3.29. The molecule has 0 heterocycles. The third-order valence-corrected chi connectivity index (χ3v) is 7.94. The third kappa shape index (κ3) is 6.82. The fourth-order valence-electron chi connectivity index (χ4n) is 4.11. The first-order chi connectivity index (χ1) is 16.1. The number of hydrogen-bond acceptors (Lipinski definition) is 4. The summed E-state index contributed by atoms with van der Waals surface area (Å²) >= 11 is 3.38. The summed E-state index contributed by atoms with van der Waals surface area (Å²) in [6.07, 6.45) is 5.12. The second-order valence-corrected chi connectivity index (χ2v) is 11.7. The Balaban J connectivity index is 1.88. The minimum absolute atomic E-state index is 0.124. The highest BCUT2D eigenvalue weighted by molar-refractivity contribution is 9.10. The van der Waals surface area contributed by atoms with Crippen LogP contribution in [0.25, 0.3) is 0 Å². The molecule has 0 spiro atoms. The SMILES string of the molecule is Cc1ccc(CN(C(=O)CN(c2ccccc2Br)S(C)(=O)=O)[C@@H](C)C(=O)NC2CCCC2)cc1. The molecular weight excluding hydrogens is 518 g/mol. The molecule has 2 aromatic carbocycles. The zero-order valence-corrected chi connectivity index (χ0v) is 22.2. The molecule has 7 nitrogen and oxygen atoms in total. The minimum Gasteiger partial charge on any atom is -0.352 e. The van der Waals surface area contributed by atoms with Crippen molar-refractivity contribution in [2.24, 2.45) is 0 Å². The Bertz CT molecular complexity index is 1120. The van der Waals surface area contributed by atoms with Crippen LogP contribution in [-0.2, 0) is 26.2 Å². The lowest BCUT2D eigenvalue weighted by Gasteiger charge is -2.32. The Morgan fingerprint density at radius 1 is 1.09 bits per heavy atom. The van der Waals surface area contributed by atoms with Crippen molar-refractivity contribution in [1.82, 2.24) is 10.2 Å². The molecule has 0 unspecified atom stereocenters. The van der Waals surface area contributed by atoms with E-state index in [9.17, 15) is 18.0 Å². The van der Waals surface area contributed by atoms with Gasteiger partial charge in [-0.25, -0.2) is 8.42 Å². The van der Waals surface area contributed by atoms with Crippen LogP contribution in [0.1, 0.15) is 43.7 Å². The highest BCUT2D eigenvalue weighted by Crippen LogP contribution is 2.28. The lowest BCUT2D eigenvalue weighted by atomic mass is 10.1. The van der Waals surface area contributed by atoms with Crippen molar-refractivity contribution in [2.75, 3.05) is 17.1 Å². The quantitative estimate of drug-likeness (QED) is 0.512. The molecule has 3 rings (SSSR count). The number of para-hydroxylation sites is 1. The molecule has 0 bridgehead atoms. The van der Waals surface area contributed by atoms with Gasteiger partial charge in [0.25, 0.3) is 0 Å². The van der Waals surface area contributed by atoms with Crippen molar-refractivity contribution in [3.05, 3.63) is 64.1 Å². The van der Waals surface area contributed by atoms with Gasteiger partial charge in [-0.1, -0.05) is 54.8 Å². The maximum absolute atomic E-state index is 13.6. The first kappa shape index (κ1) is 26.2. The van der Waals surface area contributed by atoms with Crippen LogP contribution < -0.4 is 9.62 Å². The van der Waals surface area contributed by atoms with E-state index in [-0.39, 0.29) is 18.5 Å². The molecule has 0 aliphatic heterocycles. The van der Waals surface area contributed by atoms with Crippen molar-refractivity contribution in [3.63, 3.8) is 0 Å². The minimum atomic E-state index is -3.76. The summed E-state index contributed by atoms with van der Waals surface area (Å²) in [5.74, 6) is -0.671. The predicted molar refractivity (Wildman–Crippen MR) is 138 cm³/mol. The number of amides is 2. The van der Waals surface area contributed by atoms with E-state index in [1.165, 1.54) is 4.90 Å². The molecule has 184 valence electrons. The Morgan fingerprint density at radius 2 is 1.71 bits per heavy atom. The van der Waals surface area contributed by atoms with E-state index >= 15 is 0 Å². The van der Waals surface area contributed by atoms with Gasteiger partial charge in [0.1, 0.15) is 12.6 Å². The van der Waals surface area contributed by atoms with Gasteiger partial charge in [-0.15, -0.1) is 0 Å². The smallest absolute Gasteiger partial charge is 0.244 e. The van der Waals surface area contributed by atoms with Crippen LogP contribution in [0.5, 0.6) is 0 Å². The number of aryl methyl sites for hydroxylation is 1. The molecule has 1 saturated carbocycles. The van der Waals surface area contributed by atoms with Crippen molar-refractivity contribution in [1.29, 1.82) is 0 Å². The first-order valence-corrected chi connectivity index (χ1v) is 14.1. The summed E-state index contributed by atoms with van der Waals surface area (Å²) in [6, 6.07) is 13.9. The highest BCUT2D eigenvalue weighted by Gasteiger charge is 2.31. The Kier molecular flexibility index (Phi) is 8.76. The number of nitrogens with one attached hydrogen (secondary N) is 1. The second-order valence-electron chi connectivity index (χ2n) is 8.89. The van der Waals surface area contributed by atoms with E-state index in [1.54, 1.807) is 31.2 Å². The van der Waals surface area contributed by atoms with E-state index in [2.05, 4.69) is 21.2 Å². The lowest BCUT2D eigenvalue weighted by molar-refractivity contribution is -0.139. The van der Waals surface area contributed by atoms with Gasteiger partial charge in [-0.3, -0.25) is 13.9 Å². The molecule has 1 N–H and O–H groups in total. The zero-order valence-electron chi connectivity index (χ0n) is 19.8. The number of carbonyl (C=O) groups excluding carboxylic acids is 2. The summed E-state index contributed by atoms with van der Waals surface area (Å²) in [4.78, 5) is 28.1. The van der Waals surface area contributed by atoms with Gasteiger partial charge in [-0.05, 0) is 60.3 Å². The van der Waals surface area contributed by atoms with Gasteiger partial charge < -0.3 is 10.2 Å². The van der Waals surface area contributed by atoms with E-state index < -0.39 is 28.5 Å². The number of rotatable bonds is 9. The first-order valence-electron chi connectivity index (χ1n) is 11.4. The lowest BCUT2D eigenvalue weighted by Crippen LogP contribution is -2.52. The standard InChI is InChI=1S/C25H32BrN3O4S/c1-18-12-14-20(15-13-18)16-28(19(2)25(31)27-21-8-4-5-9-21)24(30)17-29(34(3,32)33)23-11-7-6-10-22(23)26/h6-7,10-15,19,21H,4-5,8-9,16-17H2,1-3H3,(H,27,31)/t19-/m0/s1. The van der Waals surface area contributed by atoms with Crippen LogP contribution in [0.3, 0.4) is 0 Å². The Labute approximate surface area is 210 Å². The maximum atomic E-state index is 13.6. The Morgan fingerprint density at radius 3 is 2.29 bits per heavy atom. The van der Waals surface area contributed by atoms with Crippen LogP contribution in [0, 0.1) is 6.92 Å². The number of anilines is 1. The van der Waals surface area contributed by atoms with Gasteiger partial charge in [-0.2, -0.15) is 0 Å². The number of hydrogen-bond donors (Lipinski definition) is 1. The molecule has 1 aliphatic carbocycles. The van der Waals surface area contributed by atoms with Crippen LogP contribution in [0.15, 0.2) is 53.0 Å². The summed E-state index contributed by atoms with van der Waals surface area (Å²) in [5.41, 5.74) is 2.33. The van der Waals surface area contributed by atoms with Gasteiger partial charge in [0.2, 0.25) is 21.8 Å². The fraction of sp³-hybridized carbons (Fsp3) is 0.440. The molecular formula is C25H32BrN3O4S. The molecule has 9 heteroatoms. The van der Waals surface area contributed by atoms with E-state index in [4.69, 9.17) is 0 Å². The molecule has 0 saturated heterocycles. The maximum Gasteiger partial charge on any atom is 0.244 e. The number of sulfonamides is 1. The van der Waals surface area contributed by atoms with Crippen LogP contribution in [0.4, 0.5) is 5.69 Å². The molecule has 2 amide bonds. The zero-order chi connectivity index (χ0) is 24.9. The van der Waals surface area contributed by atoms with E-state index in [0.29, 0.717) is 10.2 Å². The largest absolute Gasteiger partial charge is 0.352 e. The van der Waals surface area contributed by atoms with Crippen molar-refractivity contribution >= 4 is 43.5 Å². The summed E-state index contributed by atoms with van der Waals surface area (Å²) in [5, 5.41) is 3.06. The van der Waals surface area contributed by atoms with E-state index in [0.717, 1.165) is 47.4 Å². The average molecular weight is 551 g/mol. The molecule has 1 fully saturated rings. The topological polar surface area (TPSA) is 86.8 Å². The molecule has 34 heavy (non-hydrogen) atoms. The van der Waals surface area contributed by atoms with Crippen molar-refractivity contribution in [3.8, 4) is 0 Å². The van der Waals surface area contributed by atoms with Crippen LogP contribution >= 0.6 is 15.9 Å². The van der Waals surface area contributed by atoms with Crippen LogP contribution in [0.2, 0.25) is 0 Å². The molecule has 1 atom stereocenters. The monoisotopic (exact) mass is 549 g/mol. The van der Waals surface area contributed by atoms with E-state index in [1.807, 2.05) is 31.2 Å². The van der Waals surface area contributed by atoms with Crippen molar-refractivity contribution in [2.45, 2.75) is 58.2 Å². The van der Waals surface area contributed by atoms with Crippen molar-refractivity contribution < 1.29 is 18.0 Å². The number of halogens is 1. The number of carbonyl (C=O) groups is 2. The molecule has 0 radical (unpaired) electrons. The van der Waals surface area contributed by atoms with Gasteiger partial charge in [0, 0.05) is 17.1 Å². The summed E-state index contributed by atoms with van der Waals surface area (Å²) in [7, 11) is -3.76. The fourth-order valence-corrected chi connectivity index (χ4v) is 5.59. The third-order valence-electron chi connectivity index (χ3n) is 6.14. The Hall–Kier alpha value is -2.39. The molecule has 2 aromatic rings. The summed E-state index contributed by atoms with van der Waals surface area (Å²) < 4.78 is 26.9. The predicted octanol–water partition coefficient (Wildman–Crippen LogP) is 4.00. The number of nitrogens with zero attached hydrogens (tertiary/aromatic N) is 2. The highest BCUT2D eigenvalue weighted by atomic mass is 79.9. The molecule has 1 aliphatic rings. The van der Waals surface area contributed by atoms with Gasteiger partial charge >= 0.3 is 0 Å². The van der Waals surface area contributed by atoms with Crippen LogP contribution in [-0.4, -0.2) is 50.0 Å². The summed E-state index contributed by atoms with van der Waals surface area (Å²) in [6.45, 7) is 3.46. The van der Waals surface area contributed by atoms with Gasteiger partial charge in [0.05, 0.1) is 11.9 Å². The van der Waals surface area contributed by atoms with Gasteiger partial charge in [0.15, 0.2) is 0 Å². The molecule has 0 aromatic heterocycles. The normalized spacial score (nSPS) is 15.1. The second kappa shape index (κ2) is 11.4.